The van der Waals surface area contributed by atoms with E-state index in [2.05, 4.69) is 29.7 Å². The second kappa shape index (κ2) is 9.17. The summed E-state index contributed by atoms with van der Waals surface area (Å²) in [5.74, 6) is 0.443. The first-order chi connectivity index (χ1) is 12.6. The number of rotatable bonds is 5. The van der Waals surface area contributed by atoms with Crippen LogP contribution in [0, 0.1) is 5.92 Å². The summed E-state index contributed by atoms with van der Waals surface area (Å²) < 4.78 is 0. The fourth-order valence-corrected chi connectivity index (χ4v) is 4.03. The molecule has 0 radical (unpaired) electrons. The third-order valence-electron chi connectivity index (χ3n) is 5.66. The molecule has 2 atom stereocenters. The molecule has 2 unspecified atom stereocenters. The SMILES string of the molecule is CC1CC(NC(=O)C2CCN(C(=O)CCc3ccccc3)CC2)CCN1. The van der Waals surface area contributed by atoms with Crippen LogP contribution in [0.2, 0.25) is 0 Å². The van der Waals surface area contributed by atoms with Crippen molar-refractivity contribution in [3.05, 3.63) is 35.9 Å². The normalized spacial score (nSPS) is 24.3. The summed E-state index contributed by atoms with van der Waals surface area (Å²) >= 11 is 0. The van der Waals surface area contributed by atoms with Crippen molar-refractivity contribution in [3.8, 4) is 0 Å². The molecule has 2 saturated heterocycles. The van der Waals surface area contributed by atoms with Crippen molar-refractivity contribution >= 4 is 11.8 Å². The van der Waals surface area contributed by atoms with Crippen LogP contribution in [0.15, 0.2) is 30.3 Å². The second-order valence-corrected chi connectivity index (χ2v) is 7.73. The predicted molar refractivity (Wildman–Crippen MR) is 103 cm³/mol. The Balaban J connectivity index is 1.39. The minimum absolute atomic E-state index is 0.0540. The Labute approximate surface area is 156 Å². The molecule has 2 aliphatic heterocycles. The molecule has 142 valence electrons. The molecular weight excluding hydrogens is 326 g/mol. The highest BCUT2D eigenvalue weighted by Crippen LogP contribution is 2.20. The Morgan fingerprint density at radius 2 is 1.88 bits per heavy atom. The topological polar surface area (TPSA) is 61.4 Å². The minimum atomic E-state index is 0.0540. The van der Waals surface area contributed by atoms with Crippen molar-refractivity contribution in [1.82, 2.24) is 15.5 Å². The largest absolute Gasteiger partial charge is 0.353 e. The first-order valence-corrected chi connectivity index (χ1v) is 9.97. The number of aryl methyl sites for hydroxylation is 1. The van der Waals surface area contributed by atoms with Gasteiger partial charge in [0.25, 0.3) is 0 Å². The zero-order valence-corrected chi connectivity index (χ0v) is 15.7. The van der Waals surface area contributed by atoms with Crippen LogP contribution < -0.4 is 10.6 Å². The van der Waals surface area contributed by atoms with Crippen molar-refractivity contribution in [3.63, 3.8) is 0 Å². The highest BCUT2D eigenvalue weighted by molar-refractivity contribution is 5.80. The molecule has 0 aliphatic carbocycles. The van der Waals surface area contributed by atoms with E-state index in [9.17, 15) is 9.59 Å². The smallest absolute Gasteiger partial charge is 0.223 e. The maximum Gasteiger partial charge on any atom is 0.223 e. The molecule has 26 heavy (non-hydrogen) atoms. The van der Waals surface area contributed by atoms with Gasteiger partial charge in [0.15, 0.2) is 0 Å². The highest BCUT2D eigenvalue weighted by Gasteiger charge is 2.29. The number of amides is 2. The minimum Gasteiger partial charge on any atom is -0.353 e. The first kappa shape index (κ1) is 18.9. The Morgan fingerprint density at radius 3 is 2.58 bits per heavy atom. The number of likely N-dealkylation sites (tertiary alicyclic amines) is 1. The van der Waals surface area contributed by atoms with Crippen molar-refractivity contribution in [2.75, 3.05) is 19.6 Å². The van der Waals surface area contributed by atoms with Crippen LogP contribution in [0.4, 0.5) is 0 Å². The van der Waals surface area contributed by atoms with Crippen LogP contribution in [0.1, 0.15) is 44.6 Å². The lowest BCUT2D eigenvalue weighted by molar-refractivity contribution is -0.135. The zero-order valence-electron chi connectivity index (χ0n) is 15.7. The molecule has 2 fully saturated rings. The maximum absolute atomic E-state index is 12.5. The maximum atomic E-state index is 12.5. The summed E-state index contributed by atoms with van der Waals surface area (Å²) in [5.41, 5.74) is 1.20. The van der Waals surface area contributed by atoms with Gasteiger partial charge in [-0.15, -0.1) is 0 Å². The number of carbonyl (C=O) groups is 2. The van der Waals surface area contributed by atoms with Gasteiger partial charge in [-0.1, -0.05) is 30.3 Å². The molecule has 5 nitrogen and oxygen atoms in total. The summed E-state index contributed by atoms with van der Waals surface area (Å²) in [6, 6.07) is 10.9. The molecule has 0 saturated carbocycles. The quantitative estimate of drug-likeness (QED) is 0.848. The number of benzene rings is 1. The summed E-state index contributed by atoms with van der Waals surface area (Å²) in [5, 5.41) is 6.64. The second-order valence-electron chi connectivity index (χ2n) is 7.73. The molecule has 0 bridgehead atoms. The van der Waals surface area contributed by atoms with Gasteiger partial charge in [-0.25, -0.2) is 0 Å². The van der Waals surface area contributed by atoms with Gasteiger partial charge >= 0.3 is 0 Å². The van der Waals surface area contributed by atoms with E-state index < -0.39 is 0 Å². The molecule has 0 spiro atoms. The molecule has 3 rings (SSSR count). The number of hydrogen-bond donors (Lipinski definition) is 2. The van der Waals surface area contributed by atoms with Crippen LogP contribution in [0.3, 0.4) is 0 Å². The fourth-order valence-electron chi connectivity index (χ4n) is 4.03. The van der Waals surface area contributed by atoms with Crippen molar-refractivity contribution in [2.24, 2.45) is 5.92 Å². The Kier molecular flexibility index (Phi) is 6.67. The van der Waals surface area contributed by atoms with Crippen LogP contribution in [-0.4, -0.2) is 48.4 Å². The number of nitrogens with one attached hydrogen (secondary N) is 2. The highest BCUT2D eigenvalue weighted by atomic mass is 16.2. The average Bonchev–Trinajstić information content (AvgIpc) is 2.67. The third-order valence-corrected chi connectivity index (χ3v) is 5.66. The van der Waals surface area contributed by atoms with E-state index in [1.165, 1.54) is 5.56 Å². The summed E-state index contributed by atoms with van der Waals surface area (Å²) in [6.45, 7) is 4.54. The van der Waals surface area contributed by atoms with E-state index in [4.69, 9.17) is 0 Å². The lowest BCUT2D eigenvalue weighted by atomic mass is 9.93. The van der Waals surface area contributed by atoms with Gasteiger partial charge < -0.3 is 15.5 Å². The van der Waals surface area contributed by atoms with E-state index in [0.717, 1.165) is 38.6 Å². The molecule has 2 amide bonds. The molecule has 0 aromatic heterocycles. The molecule has 2 heterocycles. The van der Waals surface area contributed by atoms with E-state index in [1.807, 2.05) is 23.1 Å². The number of carbonyl (C=O) groups excluding carboxylic acids is 2. The van der Waals surface area contributed by atoms with Gasteiger partial charge in [0.1, 0.15) is 0 Å². The lowest BCUT2D eigenvalue weighted by Crippen LogP contribution is -2.49. The van der Waals surface area contributed by atoms with Gasteiger partial charge in [0, 0.05) is 37.5 Å². The van der Waals surface area contributed by atoms with E-state index >= 15 is 0 Å². The number of nitrogens with zero attached hydrogens (tertiary/aromatic N) is 1. The van der Waals surface area contributed by atoms with Crippen LogP contribution in [-0.2, 0) is 16.0 Å². The van der Waals surface area contributed by atoms with Gasteiger partial charge in [-0.05, 0) is 51.1 Å². The molecule has 1 aromatic carbocycles. The third kappa shape index (κ3) is 5.31. The molecule has 5 heteroatoms. The zero-order chi connectivity index (χ0) is 18.4. The van der Waals surface area contributed by atoms with E-state index in [-0.39, 0.29) is 17.7 Å². The van der Waals surface area contributed by atoms with Crippen LogP contribution in [0.25, 0.3) is 0 Å². The molecular formula is C21H31N3O2. The predicted octanol–water partition coefficient (Wildman–Crippen LogP) is 2.11. The summed E-state index contributed by atoms with van der Waals surface area (Å²) in [6.07, 6.45) is 4.91. The van der Waals surface area contributed by atoms with Crippen molar-refractivity contribution in [2.45, 2.75) is 57.5 Å². The monoisotopic (exact) mass is 357 g/mol. The molecule has 2 aliphatic rings. The fraction of sp³-hybridized carbons (Fsp3) is 0.619. The first-order valence-electron chi connectivity index (χ1n) is 9.97. The van der Waals surface area contributed by atoms with Crippen molar-refractivity contribution < 1.29 is 9.59 Å². The number of hydrogen-bond acceptors (Lipinski definition) is 3. The van der Waals surface area contributed by atoms with E-state index in [1.54, 1.807) is 0 Å². The van der Waals surface area contributed by atoms with Gasteiger partial charge in [0.2, 0.25) is 11.8 Å². The van der Waals surface area contributed by atoms with Crippen LogP contribution in [0.5, 0.6) is 0 Å². The lowest BCUT2D eigenvalue weighted by Gasteiger charge is -2.34. The van der Waals surface area contributed by atoms with Gasteiger partial charge in [-0.2, -0.15) is 0 Å². The van der Waals surface area contributed by atoms with E-state index in [0.29, 0.717) is 31.6 Å². The molecule has 2 N–H and O–H groups in total. The Morgan fingerprint density at radius 1 is 1.15 bits per heavy atom. The Hall–Kier alpha value is -1.88. The Bertz CT molecular complexity index is 597. The van der Waals surface area contributed by atoms with Gasteiger partial charge in [-0.3, -0.25) is 9.59 Å². The summed E-state index contributed by atoms with van der Waals surface area (Å²) in [4.78, 5) is 26.9. The van der Waals surface area contributed by atoms with Crippen molar-refractivity contribution in [1.29, 1.82) is 0 Å². The van der Waals surface area contributed by atoms with Crippen LogP contribution >= 0.6 is 0 Å². The van der Waals surface area contributed by atoms with Gasteiger partial charge in [0.05, 0.1) is 0 Å². The average molecular weight is 357 g/mol. The number of piperidine rings is 2. The summed E-state index contributed by atoms with van der Waals surface area (Å²) in [7, 11) is 0. The molecule has 1 aromatic rings. The standard InChI is InChI=1S/C21H31N3O2/c1-16-15-19(9-12-22-16)23-21(26)18-10-13-24(14-11-18)20(25)8-7-17-5-3-2-4-6-17/h2-6,16,18-19,22H,7-15H2,1H3,(H,23,26).